The van der Waals surface area contributed by atoms with E-state index in [1.165, 1.54) is 11.0 Å². The summed E-state index contributed by atoms with van der Waals surface area (Å²) in [6.07, 6.45) is 0.240. The van der Waals surface area contributed by atoms with Crippen LogP contribution >= 0.6 is 0 Å². The molecule has 0 bridgehead atoms. The predicted molar refractivity (Wildman–Crippen MR) is 72.9 cm³/mol. The zero-order chi connectivity index (χ0) is 14.4. The first kappa shape index (κ1) is 13.6. The number of carbonyl (C=O) groups is 2. The van der Waals surface area contributed by atoms with Gasteiger partial charge in [0.25, 0.3) is 0 Å². The van der Waals surface area contributed by atoms with Crippen LogP contribution in [0.25, 0.3) is 0 Å². The molecule has 1 N–H and O–H groups in total. The molecule has 1 saturated heterocycles. The van der Waals surface area contributed by atoms with E-state index >= 15 is 0 Å². The van der Waals surface area contributed by atoms with Crippen molar-refractivity contribution in [2.24, 2.45) is 11.3 Å². The van der Waals surface area contributed by atoms with Crippen LogP contribution in [0.15, 0.2) is 18.2 Å². The van der Waals surface area contributed by atoms with Crippen LogP contribution in [0.3, 0.4) is 0 Å². The standard InChI is InChI=1S/C15H19NO3/c1-9(2)15(4)8-13(18)16(14(15)19)11-5-6-12(17)10(3)7-11/h5-7,9,17H,8H2,1-4H3. The van der Waals surface area contributed by atoms with Gasteiger partial charge in [-0.3, -0.25) is 14.5 Å². The van der Waals surface area contributed by atoms with Gasteiger partial charge in [0.2, 0.25) is 11.8 Å². The lowest BCUT2D eigenvalue weighted by Crippen LogP contribution is -2.36. The van der Waals surface area contributed by atoms with Crippen LogP contribution in [0.4, 0.5) is 5.69 Å². The van der Waals surface area contributed by atoms with Crippen LogP contribution in [-0.4, -0.2) is 16.9 Å². The second-order valence-electron chi connectivity index (χ2n) is 5.75. The predicted octanol–water partition coefficient (Wildman–Crippen LogP) is 2.63. The lowest BCUT2D eigenvalue weighted by atomic mass is 9.78. The summed E-state index contributed by atoms with van der Waals surface area (Å²) >= 11 is 0. The number of phenolic OH excluding ortho intramolecular Hbond substituents is 1. The molecule has 1 heterocycles. The first-order valence-electron chi connectivity index (χ1n) is 6.44. The fraction of sp³-hybridized carbons (Fsp3) is 0.467. The number of phenols is 1. The molecule has 1 atom stereocenters. The molecule has 4 nitrogen and oxygen atoms in total. The SMILES string of the molecule is Cc1cc(N2C(=O)CC(C)(C(C)C)C2=O)ccc1O. The van der Waals surface area contributed by atoms with Gasteiger partial charge in [-0.1, -0.05) is 13.8 Å². The van der Waals surface area contributed by atoms with Gasteiger partial charge in [-0.15, -0.1) is 0 Å². The lowest BCUT2D eigenvalue weighted by Gasteiger charge is -2.26. The molecule has 0 spiro atoms. The number of imide groups is 1. The fourth-order valence-corrected chi connectivity index (χ4v) is 2.33. The summed E-state index contributed by atoms with van der Waals surface area (Å²) in [4.78, 5) is 25.9. The Morgan fingerprint density at radius 3 is 2.42 bits per heavy atom. The number of aryl methyl sites for hydroxylation is 1. The summed E-state index contributed by atoms with van der Waals surface area (Å²) in [6.45, 7) is 7.49. The number of amides is 2. The molecule has 1 aromatic rings. The molecular formula is C15H19NO3. The maximum absolute atomic E-state index is 12.5. The Morgan fingerprint density at radius 2 is 1.95 bits per heavy atom. The summed E-state index contributed by atoms with van der Waals surface area (Å²) in [5.74, 6) is -0.0643. The lowest BCUT2D eigenvalue weighted by molar-refractivity contribution is -0.126. The van der Waals surface area contributed by atoms with Gasteiger partial charge in [-0.05, 0) is 43.5 Å². The van der Waals surface area contributed by atoms with Crippen molar-refractivity contribution in [1.82, 2.24) is 0 Å². The molecule has 19 heavy (non-hydrogen) atoms. The van der Waals surface area contributed by atoms with E-state index in [2.05, 4.69) is 0 Å². The van der Waals surface area contributed by atoms with Crippen molar-refractivity contribution in [1.29, 1.82) is 0 Å². The Bertz CT molecular complexity index is 550. The van der Waals surface area contributed by atoms with E-state index in [9.17, 15) is 14.7 Å². The molecular weight excluding hydrogens is 242 g/mol. The number of carbonyl (C=O) groups excluding carboxylic acids is 2. The molecule has 0 radical (unpaired) electrons. The molecule has 1 unspecified atom stereocenters. The van der Waals surface area contributed by atoms with Gasteiger partial charge in [0, 0.05) is 6.42 Å². The summed E-state index contributed by atoms with van der Waals surface area (Å²) in [5.41, 5.74) is 0.550. The average molecular weight is 261 g/mol. The van der Waals surface area contributed by atoms with Gasteiger partial charge < -0.3 is 5.11 Å². The number of hydrogen-bond donors (Lipinski definition) is 1. The fourth-order valence-electron chi connectivity index (χ4n) is 2.33. The third-order valence-electron chi connectivity index (χ3n) is 4.17. The summed E-state index contributed by atoms with van der Waals surface area (Å²) in [6, 6.07) is 4.78. The maximum atomic E-state index is 12.5. The summed E-state index contributed by atoms with van der Waals surface area (Å²) in [7, 11) is 0. The van der Waals surface area contributed by atoms with E-state index in [4.69, 9.17) is 0 Å². The highest BCUT2D eigenvalue weighted by Gasteiger charge is 2.50. The topological polar surface area (TPSA) is 57.6 Å². The van der Waals surface area contributed by atoms with Crippen molar-refractivity contribution in [3.8, 4) is 5.75 Å². The smallest absolute Gasteiger partial charge is 0.240 e. The van der Waals surface area contributed by atoms with E-state index in [-0.39, 0.29) is 29.9 Å². The molecule has 4 heteroatoms. The van der Waals surface area contributed by atoms with Gasteiger partial charge in [0.05, 0.1) is 11.1 Å². The van der Waals surface area contributed by atoms with Crippen LogP contribution < -0.4 is 4.90 Å². The minimum Gasteiger partial charge on any atom is -0.508 e. The Hall–Kier alpha value is -1.84. The third kappa shape index (κ3) is 2.01. The Balaban J connectivity index is 2.43. The molecule has 2 rings (SSSR count). The molecule has 1 aromatic carbocycles. The van der Waals surface area contributed by atoms with Crippen LogP contribution in [0.2, 0.25) is 0 Å². The van der Waals surface area contributed by atoms with E-state index in [0.29, 0.717) is 11.3 Å². The zero-order valence-corrected chi connectivity index (χ0v) is 11.7. The quantitative estimate of drug-likeness (QED) is 0.832. The van der Waals surface area contributed by atoms with E-state index in [1.807, 2.05) is 20.8 Å². The van der Waals surface area contributed by atoms with Gasteiger partial charge in [0.1, 0.15) is 5.75 Å². The maximum Gasteiger partial charge on any atom is 0.240 e. The number of aromatic hydroxyl groups is 1. The van der Waals surface area contributed by atoms with Crippen LogP contribution in [0.5, 0.6) is 5.75 Å². The molecule has 1 fully saturated rings. The second kappa shape index (κ2) is 4.37. The number of nitrogens with zero attached hydrogens (tertiary/aromatic N) is 1. The number of benzene rings is 1. The highest BCUT2D eigenvalue weighted by Crippen LogP contribution is 2.41. The van der Waals surface area contributed by atoms with Gasteiger partial charge >= 0.3 is 0 Å². The molecule has 1 aliphatic rings. The van der Waals surface area contributed by atoms with Crippen LogP contribution in [0, 0.1) is 18.3 Å². The van der Waals surface area contributed by atoms with Crippen molar-refractivity contribution < 1.29 is 14.7 Å². The number of rotatable bonds is 2. The minimum absolute atomic E-state index is 0.104. The highest BCUT2D eigenvalue weighted by molar-refractivity contribution is 6.22. The molecule has 1 aliphatic heterocycles. The highest BCUT2D eigenvalue weighted by atomic mass is 16.3. The van der Waals surface area contributed by atoms with Gasteiger partial charge in [-0.25, -0.2) is 0 Å². The van der Waals surface area contributed by atoms with E-state index in [0.717, 1.165) is 0 Å². The normalized spacial score (nSPS) is 23.5. The average Bonchev–Trinajstić information content (AvgIpc) is 2.55. The zero-order valence-electron chi connectivity index (χ0n) is 11.7. The minimum atomic E-state index is -0.636. The molecule has 2 amide bonds. The Morgan fingerprint density at radius 1 is 1.32 bits per heavy atom. The van der Waals surface area contributed by atoms with E-state index < -0.39 is 5.41 Å². The largest absolute Gasteiger partial charge is 0.508 e. The van der Waals surface area contributed by atoms with Crippen LogP contribution in [-0.2, 0) is 9.59 Å². The van der Waals surface area contributed by atoms with Crippen molar-refractivity contribution >= 4 is 17.5 Å². The van der Waals surface area contributed by atoms with Crippen LogP contribution in [0.1, 0.15) is 32.8 Å². The summed E-state index contributed by atoms with van der Waals surface area (Å²) in [5, 5.41) is 9.52. The third-order valence-corrected chi connectivity index (χ3v) is 4.17. The van der Waals surface area contributed by atoms with Crippen molar-refractivity contribution in [3.63, 3.8) is 0 Å². The monoisotopic (exact) mass is 261 g/mol. The van der Waals surface area contributed by atoms with Crippen molar-refractivity contribution in [2.45, 2.75) is 34.1 Å². The van der Waals surface area contributed by atoms with Crippen molar-refractivity contribution in [3.05, 3.63) is 23.8 Å². The number of hydrogen-bond acceptors (Lipinski definition) is 3. The second-order valence-corrected chi connectivity index (χ2v) is 5.75. The first-order chi connectivity index (χ1) is 8.77. The van der Waals surface area contributed by atoms with Gasteiger partial charge in [0.15, 0.2) is 0 Å². The molecule has 0 saturated carbocycles. The Kier molecular flexibility index (Phi) is 3.12. The summed E-state index contributed by atoms with van der Waals surface area (Å²) < 4.78 is 0. The number of anilines is 1. The molecule has 0 aromatic heterocycles. The molecule has 102 valence electrons. The van der Waals surface area contributed by atoms with E-state index in [1.54, 1.807) is 19.1 Å². The molecule has 0 aliphatic carbocycles. The first-order valence-corrected chi connectivity index (χ1v) is 6.44. The van der Waals surface area contributed by atoms with Gasteiger partial charge in [-0.2, -0.15) is 0 Å². The van der Waals surface area contributed by atoms with Crippen molar-refractivity contribution in [2.75, 3.05) is 4.90 Å². The Labute approximate surface area is 113 Å².